The molecule has 0 saturated carbocycles. The first kappa shape index (κ1) is 12.7. The zero-order chi connectivity index (χ0) is 14.3. The molecular weight excluding hydrogens is 252 g/mol. The molecule has 3 rings (SSSR count). The Hall–Kier alpha value is -2.37. The third-order valence-corrected chi connectivity index (χ3v) is 3.65. The smallest absolute Gasteiger partial charge is 0.203 e. The number of aromatic nitrogens is 5. The summed E-state index contributed by atoms with van der Waals surface area (Å²) in [6.07, 6.45) is 4.46. The predicted molar refractivity (Wildman–Crippen MR) is 78.3 cm³/mol. The summed E-state index contributed by atoms with van der Waals surface area (Å²) in [5.41, 5.74) is 10.0. The Bertz CT molecular complexity index is 740. The highest BCUT2D eigenvalue weighted by atomic mass is 15.4. The normalized spacial score (nSPS) is 12.9. The van der Waals surface area contributed by atoms with E-state index in [1.165, 1.54) is 0 Å². The molecule has 3 aromatic rings. The minimum absolute atomic E-state index is 0.0637. The lowest BCUT2D eigenvalue weighted by molar-refractivity contribution is 0.633. The number of pyridine rings is 1. The molecule has 0 aromatic carbocycles. The van der Waals surface area contributed by atoms with Gasteiger partial charge in [0.2, 0.25) is 5.95 Å². The number of imidazole rings is 1. The van der Waals surface area contributed by atoms with E-state index in [1.807, 2.05) is 34.6 Å². The largest absolute Gasteiger partial charge is 0.369 e. The topological polar surface area (TPSA) is 74.6 Å². The van der Waals surface area contributed by atoms with E-state index in [0.29, 0.717) is 5.95 Å². The molecule has 3 heterocycles. The van der Waals surface area contributed by atoms with Crippen molar-refractivity contribution in [1.29, 1.82) is 0 Å². The van der Waals surface area contributed by atoms with Crippen LogP contribution in [-0.4, -0.2) is 24.3 Å². The summed E-state index contributed by atoms with van der Waals surface area (Å²) < 4.78 is 3.86. The van der Waals surface area contributed by atoms with Crippen molar-refractivity contribution in [3.05, 3.63) is 35.8 Å². The number of aryl methyl sites for hydroxylation is 2. The van der Waals surface area contributed by atoms with Gasteiger partial charge in [-0.15, -0.1) is 0 Å². The average Bonchev–Trinajstić information content (AvgIpc) is 2.96. The minimum Gasteiger partial charge on any atom is -0.369 e. The number of nitrogens with zero attached hydrogens (tertiary/aromatic N) is 5. The van der Waals surface area contributed by atoms with E-state index in [4.69, 9.17) is 5.73 Å². The van der Waals surface area contributed by atoms with Crippen LogP contribution in [0.5, 0.6) is 0 Å². The van der Waals surface area contributed by atoms with Crippen molar-refractivity contribution in [3.63, 3.8) is 0 Å². The highest BCUT2D eigenvalue weighted by Crippen LogP contribution is 2.28. The van der Waals surface area contributed by atoms with E-state index in [-0.39, 0.29) is 6.04 Å². The zero-order valence-corrected chi connectivity index (χ0v) is 11.9. The van der Waals surface area contributed by atoms with E-state index in [1.54, 1.807) is 6.20 Å². The standard InChI is InChI=1S/C14H18N6/c1-4-11-12-13(19(3)18-11)20(14(15)17-12)9(2)10-6-5-7-16-8-10/h5-9H,4H2,1-3H3,(H2,15,17). The average molecular weight is 270 g/mol. The zero-order valence-electron chi connectivity index (χ0n) is 11.9. The Morgan fingerprint density at radius 2 is 2.20 bits per heavy atom. The highest BCUT2D eigenvalue weighted by molar-refractivity contribution is 5.78. The monoisotopic (exact) mass is 270 g/mol. The molecule has 0 saturated heterocycles. The Labute approximate surface area is 117 Å². The molecule has 0 aliphatic heterocycles. The van der Waals surface area contributed by atoms with Gasteiger partial charge >= 0.3 is 0 Å². The van der Waals surface area contributed by atoms with Gasteiger partial charge in [-0.1, -0.05) is 13.0 Å². The van der Waals surface area contributed by atoms with Crippen molar-refractivity contribution in [3.8, 4) is 0 Å². The fourth-order valence-electron chi connectivity index (χ4n) is 2.61. The third-order valence-electron chi connectivity index (χ3n) is 3.65. The lowest BCUT2D eigenvalue weighted by Crippen LogP contribution is -2.12. The second-order valence-corrected chi connectivity index (χ2v) is 4.90. The fraction of sp³-hybridized carbons (Fsp3) is 0.357. The quantitative estimate of drug-likeness (QED) is 0.789. The van der Waals surface area contributed by atoms with Crippen molar-refractivity contribution in [2.75, 3.05) is 5.73 Å². The lowest BCUT2D eigenvalue weighted by atomic mass is 10.1. The van der Waals surface area contributed by atoms with Crippen LogP contribution in [0.3, 0.4) is 0 Å². The SMILES string of the molecule is CCc1nn(C)c2c1nc(N)n2C(C)c1cccnc1. The minimum atomic E-state index is 0.0637. The number of nitrogen functional groups attached to an aromatic ring is 1. The van der Waals surface area contributed by atoms with Gasteiger partial charge in [0.15, 0.2) is 5.65 Å². The van der Waals surface area contributed by atoms with Crippen LogP contribution >= 0.6 is 0 Å². The third kappa shape index (κ3) is 1.76. The molecule has 0 aliphatic rings. The van der Waals surface area contributed by atoms with E-state index in [2.05, 4.69) is 28.9 Å². The summed E-state index contributed by atoms with van der Waals surface area (Å²) in [7, 11) is 1.93. The number of nitrogens with two attached hydrogens (primary N) is 1. The maximum Gasteiger partial charge on any atom is 0.203 e. The molecule has 0 amide bonds. The first-order valence-electron chi connectivity index (χ1n) is 6.72. The van der Waals surface area contributed by atoms with E-state index in [0.717, 1.165) is 28.8 Å². The van der Waals surface area contributed by atoms with Gasteiger partial charge < -0.3 is 5.73 Å². The van der Waals surface area contributed by atoms with E-state index in [9.17, 15) is 0 Å². The van der Waals surface area contributed by atoms with Crippen LogP contribution in [0.4, 0.5) is 5.95 Å². The summed E-state index contributed by atoms with van der Waals surface area (Å²) in [5.74, 6) is 0.513. The van der Waals surface area contributed by atoms with Gasteiger partial charge in [-0.25, -0.2) is 4.98 Å². The summed E-state index contributed by atoms with van der Waals surface area (Å²) in [4.78, 5) is 8.66. The Kier molecular flexibility index (Phi) is 2.93. The Balaban J connectivity index is 2.21. The van der Waals surface area contributed by atoms with E-state index >= 15 is 0 Å². The summed E-state index contributed by atoms with van der Waals surface area (Å²) in [6.45, 7) is 4.16. The first-order chi connectivity index (χ1) is 9.63. The Morgan fingerprint density at radius 3 is 2.85 bits per heavy atom. The molecule has 3 aromatic heterocycles. The first-order valence-corrected chi connectivity index (χ1v) is 6.72. The molecule has 6 heteroatoms. The van der Waals surface area contributed by atoms with Crippen LogP contribution in [-0.2, 0) is 13.5 Å². The second-order valence-electron chi connectivity index (χ2n) is 4.90. The van der Waals surface area contributed by atoms with Crippen LogP contribution < -0.4 is 5.73 Å². The van der Waals surface area contributed by atoms with Gasteiger partial charge in [0.25, 0.3) is 0 Å². The number of rotatable bonds is 3. The molecule has 0 spiro atoms. The lowest BCUT2D eigenvalue weighted by Gasteiger charge is -2.15. The molecule has 1 unspecified atom stereocenters. The van der Waals surface area contributed by atoms with Crippen LogP contribution in [0.1, 0.15) is 31.1 Å². The summed E-state index contributed by atoms with van der Waals surface area (Å²) >= 11 is 0. The van der Waals surface area contributed by atoms with Gasteiger partial charge in [-0.3, -0.25) is 14.2 Å². The number of hydrogen-bond donors (Lipinski definition) is 1. The molecule has 6 nitrogen and oxygen atoms in total. The van der Waals surface area contributed by atoms with Crippen LogP contribution in [0.2, 0.25) is 0 Å². The number of anilines is 1. The van der Waals surface area contributed by atoms with Crippen molar-refractivity contribution in [1.82, 2.24) is 24.3 Å². The van der Waals surface area contributed by atoms with Gasteiger partial charge in [0.1, 0.15) is 5.52 Å². The Morgan fingerprint density at radius 1 is 1.40 bits per heavy atom. The number of hydrogen-bond acceptors (Lipinski definition) is 4. The molecule has 0 aliphatic carbocycles. The van der Waals surface area contributed by atoms with Gasteiger partial charge in [-0.05, 0) is 25.0 Å². The highest BCUT2D eigenvalue weighted by Gasteiger charge is 2.21. The van der Waals surface area contributed by atoms with Crippen LogP contribution in [0.15, 0.2) is 24.5 Å². The van der Waals surface area contributed by atoms with Crippen molar-refractivity contribution in [2.24, 2.45) is 7.05 Å². The van der Waals surface area contributed by atoms with Crippen molar-refractivity contribution >= 4 is 17.1 Å². The van der Waals surface area contributed by atoms with Gasteiger partial charge in [0.05, 0.1) is 11.7 Å². The fourth-order valence-corrected chi connectivity index (χ4v) is 2.61. The molecular formula is C14H18N6. The van der Waals surface area contributed by atoms with Crippen LogP contribution in [0, 0.1) is 0 Å². The maximum absolute atomic E-state index is 6.12. The predicted octanol–water partition coefficient (Wildman–Crippen LogP) is 1.92. The van der Waals surface area contributed by atoms with Crippen LogP contribution in [0.25, 0.3) is 11.2 Å². The molecule has 20 heavy (non-hydrogen) atoms. The van der Waals surface area contributed by atoms with Gasteiger partial charge in [-0.2, -0.15) is 5.10 Å². The van der Waals surface area contributed by atoms with Crippen molar-refractivity contribution < 1.29 is 0 Å². The number of fused-ring (bicyclic) bond motifs is 1. The van der Waals surface area contributed by atoms with E-state index < -0.39 is 0 Å². The molecule has 2 N–H and O–H groups in total. The summed E-state index contributed by atoms with van der Waals surface area (Å²) in [5, 5.41) is 4.51. The molecule has 1 atom stereocenters. The second kappa shape index (κ2) is 4.63. The maximum atomic E-state index is 6.12. The molecule has 104 valence electrons. The van der Waals surface area contributed by atoms with Gasteiger partial charge in [0, 0.05) is 19.4 Å². The van der Waals surface area contributed by atoms with Crippen molar-refractivity contribution in [2.45, 2.75) is 26.3 Å². The molecule has 0 bridgehead atoms. The summed E-state index contributed by atoms with van der Waals surface area (Å²) in [6, 6.07) is 4.03. The molecule has 0 fully saturated rings. The molecule has 0 radical (unpaired) electrons.